The van der Waals surface area contributed by atoms with Crippen LogP contribution in [0.5, 0.6) is 5.75 Å². The zero-order valence-electron chi connectivity index (χ0n) is 17.9. The first-order valence-corrected chi connectivity index (χ1v) is 10.7. The Morgan fingerprint density at radius 3 is 2.65 bits per heavy atom. The number of aromatic amines is 1. The molecule has 0 bridgehead atoms. The van der Waals surface area contributed by atoms with Gasteiger partial charge in [-0.3, -0.25) is 4.90 Å². The second-order valence-electron chi connectivity index (χ2n) is 8.28. The maximum Gasteiger partial charge on any atom is 0.141 e. The Kier molecular flexibility index (Phi) is 5.05. The molecule has 1 saturated heterocycles. The number of nitrogens with zero attached hydrogens (tertiary/aromatic N) is 4. The van der Waals surface area contributed by atoms with Gasteiger partial charge in [0.15, 0.2) is 0 Å². The second kappa shape index (κ2) is 8.01. The predicted molar refractivity (Wildman–Crippen MR) is 122 cm³/mol. The smallest absolute Gasteiger partial charge is 0.141 e. The highest BCUT2D eigenvalue weighted by atomic mass is 16.5. The molecule has 1 N–H and O–H groups in total. The van der Waals surface area contributed by atoms with E-state index in [1.54, 1.807) is 13.3 Å². The molecule has 156 valence electrons. The number of H-pyrrole nitrogens is 1. The van der Waals surface area contributed by atoms with Crippen molar-refractivity contribution in [1.82, 2.24) is 19.9 Å². The fourth-order valence-corrected chi connectivity index (χ4v) is 4.57. The lowest BCUT2D eigenvalue weighted by atomic mass is 9.98. The van der Waals surface area contributed by atoms with Crippen LogP contribution in [0.1, 0.15) is 36.1 Å². The second-order valence-corrected chi connectivity index (χ2v) is 8.28. The van der Waals surface area contributed by atoms with Gasteiger partial charge >= 0.3 is 0 Å². The lowest BCUT2D eigenvalue weighted by molar-refractivity contribution is 0.218. The number of fused-ring (bicyclic) bond motifs is 3. The van der Waals surface area contributed by atoms with Crippen molar-refractivity contribution in [3.05, 3.63) is 53.5 Å². The van der Waals surface area contributed by atoms with Crippen LogP contribution in [0.25, 0.3) is 33.1 Å². The zero-order valence-corrected chi connectivity index (χ0v) is 17.9. The number of pyridine rings is 2. The largest absolute Gasteiger partial charge is 0.496 e. The van der Waals surface area contributed by atoms with E-state index in [0.29, 0.717) is 5.69 Å². The molecule has 0 aliphatic carbocycles. The first kappa shape index (κ1) is 19.5. The van der Waals surface area contributed by atoms with Crippen LogP contribution in [-0.2, 0) is 6.54 Å². The number of rotatable bonds is 4. The summed E-state index contributed by atoms with van der Waals surface area (Å²) in [6.45, 7) is 5.41. The Morgan fingerprint density at radius 2 is 1.87 bits per heavy atom. The van der Waals surface area contributed by atoms with Gasteiger partial charge in [-0.15, -0.1) is 0 Å². The average Bonchev–Trinajstić information content (AvgIpc) is 3.18. The number of nitrogens with one attached hydrogen (secondary N) is 1. The number of hydrogen-bond donors (Lipinski definition) is 1. The summed E-state index contributed by atoms with van der Waals surface area (Å²) in [5.74, 6) is 0.926. The molecule has 6 heteroatoms. The van der Waals surface area contributed by atoms with E-state index in [4.69, 9.17) is 4.74 Å². The lowest BCUT2D eigenvalue weighted by Gasteiger charge is -2.28. The molecule has 0 amide bonds. The van der Waals surface area contributed by atoms with Gasteiger partial charge in [0.25, 0.3) is 0 Å². The average molecular weight is 412 g/mol. The Bertz CT molecular complexity index is 1310. The molecule has 3 aromatic heterocycles. The van der Waals surface area contributed by atoms with Gasteiger partial charge < -0.3 is 9.72 Å². The van der Waals surface area contributed by atoms with Crippen LogP contribution in [0.2, 0.25) is 0 Å². The SMILES string of the molecule is COc1cc(-c2cnc3[nH]c4cnc(C#N)cc4c3c2)cc(C)c1CN1CCCCC1. The zero-order chi connectivity index (χ0) is 21.4. The summed E-state index contributed by atoms with van der Waals surface area (Å²) < 4.78 is 5.81. The van der Waals surface area contributed by atoms with Crippen LogP contribution in [0.4, 0.5) is 0 Å². The minimum absolute atomic E-state index is 0.401. The molecule has 0 atom stereocenters. The number of ether oxygens (including phenoxy) is 1. The van der Waals surface area contributed by atoms with E-state index in [1.165, 1.54) is 30.4 Å². The van der Waals surface area contributed by atoms with Crippen LogP contribution in [0.15, 0.2) is 36.7 Å². The minimum atomic E-state index is 0.401. The molecule has 1 aliphatic heterocycles. The third kappa shape index (κ3) is 3.62. The molecular weight excluding hydrogens is 386 g/mol. The predicted octanol–water partition coefficient (Wildman–Crippen LogP) is 4.95. The van der Waals surface area contributed by atoms with Crippen molar-refractivity contribution in [1.29, 1.82) is 5.26 Å². The van der Waals surface area contributed by atoms with E-state index in [0.717, 1.165) is 58.4 Å². The van der Waals surface area contributed by atoms with Gasteiger partial charge in [-0.25, -0.2) is 9.97 Å². The molecule has 4 heterocycles. The maximum absolute atomic E-state index is 9.22. The van der Waals surface area contributed by atoms with Gasteiger partial charge in [0, 0.05) is 34.6 Å². The molecule has 0 radical (unpaired) electrons. The standard InChI is InChI=1S/C25H25N5O/c1-16-8-17(10-24(31-2)22(16)15-30-6-4-3-5-7-30)18-9-21-20-11-19(12-26)27-14-23(20)29-25(21)28-13-18/h8-11,13-14H,3-7,15H2,1-2H3,(H,28,29). The van der Waals surface area contributed by atoms with Crippen molar-refractivity contribution < 1.29 is 4.74 Å². The summed E-state index contributed by atoms with van der Waals surface area (Å²) >= 11 is 0. The van der Waals surface area contributed by atoms with Crippen LogP contribution < -0.4 is 4.74 Å². The van der Waals surface area contributed by atoms with E-state index < -0.39 is 0 Å². The Labute approximate surface area is 181 Å². The molecular formula is C25H25N5O. The first-order chi connectivity index (χ1) is 15.2. The molecule has 0 saturated carbocycles. The Hall–Kier alpha value is -3.43. The molecule has 4 aromatic rings. The fourth-order valence-electron chi connectivity index (χ4n) is 4.57. The van der Waals surface area contributed by atoms with Crippen molar-refractivity contribution in [3.63, 3.8) is 0 Å². The number of methoxy groups -OCH3 is 1. The topological polar surface area (TPSA) is 77.8 Å². The number of likely N-dealkylation sites (tertiary alicyclic amines) is 1. The highest BCUT2D eigenvalue weighted by Crippen LogP contribution is 2.34. The highest BCUT2D eigenvalue weighted by molar-refractivity contribution is 6.07. The molecule has 6 nitrogen and oxygen atoms in total. The van der Waals surface area contributed by atoms with E-state index in [9.17, 15) is 5.26 Å². The minimum Gasteiger partial charge on any atom is -0.496 e. The van der Waals surface area contributed by atoms with Crippen molar-refractivity contribution in [2.24, 2.45) is 0 Å². The molecule has 1 fully saturated rings. The van der Waals surface area contributed by atoms with Gasteiger partial charge in [0.1, 0.15) is 23.2 Å². The van der Waals surface area contributed by atoms with Crippen molar-refractivity contribution in [3.8, 4) is 22.9 Å². The molecule has 0 unspecified atom stereocenters. The Morgan fingerprint density at radius 1 is 1.03 bits per heavy atom. The molecule has 1 aromatic carbocycles. The van der Waals surface area contributed by atoms with E-state index in [1.807, 2.05) is 12.3 Å². The van der Waals surface area contributed by atoms with Crippen molar-refractivity contribution in [2.75, 3.05) is 20.2 Å². The quantitative estimate of drug-likeness (QED) is 0.514. The number of hydrogen-bond acceptors (Lipinski definition) is 5. The lowest BCUT2D eigenvalue weighted by Crippen LogP contribution is -2.29. The summed E-state index contributed by atoms with van der Waals surface area (Å²) in [5, 5.41) is 11.2. The van der Waals surface area contributed by atoms with E-state index in [2.05, 4.69) is 51.0 Å². The third-order valence-corrected chi connectivity index (χ3v) is 6.27. The third-order valence-electron chi connectivity index (χ3n) is 6.27. The van der Waals surface area contributed by atoms with Gasteiger partial charge in [0.2, 0.25) is 0 Å². The van der Waals surface area contributed by atoms with Crippen LogP contribution in [0, 0.1) is 18.3 Å². The molecule has 1 aliphatic rings. The Balaban J connectivity index is 1.56. The van der Waals surface area contributed by atoms with Crippen molar-refractivity contribution in [2.45, 2.75) is 32.7 Å². The molecule has 0 spiro atoms. The summed E-state index contributed by atoms with van der Waals surface area (Å²) in [6, 6.07) is 10.4. The number of piperidine rings is 1. The number of aryl methyl sites for hydroxylation is 1. The van der Waals surface area contributed by atoms with Crippen LogP contribution in [0.3, 0.4) is 0 Å². The van der Waals surface area contributed by atoms with Gasteiger partial charge in [-0.2, -0.15) is 5.26 Å². The molecule has 5 rings (SSSR count). The first-order valence-electron chi connectivity index (χ1n) is 10.7. The maximum atomic E-state index is 9.22. The summed E-state index contributed by atoms with van der Waals surface area (Å²) in [5.41, 5.74) is 6.67. The molecule has 31 heavy (non-hydrogen) atoms. The summed E-state index contributed by atoms with van der Waals surface area (Å²) in [4.78, 5) is 14.6. The number of aromatic nitrogens is 3. The van der Waals surface area contributed by atoms with Gasteiger partial charge in [0.05, 0.1) is 18.8 Å². The van der Waals surface area contributed by atoms with Gasteiger partial charge in [-0.05, 0) is 62.2 Å². The van der Waals surface area contributed by atoms with Crippen molar-refractivity contribution >= 4 is 21.9 Å². The summed E-state index contributed by atoms with van der Waals surface area (Å²) in [7, 11) is 1.75. The van der Waals surface area contributed by atoms with E-state index in [-0.39, 0.29) is 0 Å². The highest BCUT2D eigenvalue weighted by Gasteiger charge is 2.17. The van der Waals surface area contributed by atoms with Crippen LogP contribution >= 0.6 is 0 Å². The van der Waals surface area contributed by atoms with Gasteiger partial charge in [-0.1, -0.05) is 12.5 Å². The normalized spacial score (nSPS) is 14.7. The monoisotopic (exact) mass is 411 g/mol. The number of nitriles is 1. The summed E-state index contributed by atoms with van der Waals surface area (Å²) in [6.07, 6.45) is 7.46. The van der Waals surface area contributed by atoms with E-state index >= 15 is 0 Å². The fraction of sp³-hybridized carbons (Fsp3) is 0.320. The number of benzene rings is 1. The van der Waals surface area contributed by atoms with Crippen LogP contribution in [-0.4, -0.2) is 40.1 Å².